The van der Waals surface area contributed by atoms with Gasteiger partial charge in [0.1, 0.15) is 24.1 Å². The Hall–Kier alpha value is -2.84. The number of benzene rings is 2. The maximum absolute atomic E-state index is 12.3. The molecule has 0 fully saturated rings. The van der Waals surface area contributed by atoms with E-state index in [9.17, 15) is 13.2 Å². The summed E-state index contributed by atoms with van der Waals surface area (Å²) in [6, 6.07) is 16.5. The van der Waals surface area contributed by atoms with Crippen LogP contribution in [0.1, 0.15) is 31.9 Å². The Bertz CT molecular complexity index is 981. The number of carbonyl (C=O) groups is 1. The summed E-state index contributed by atoms with van der Waals surface area (Å²) in [6.45, 7) is 9.33. The third-order valence-corrected chi connectivity index (χ3v) is 4.82. The van der Waals surface area contributed by atoms with Gasteiger partial charge >= 0.3 is 6.09 Å². The summed E-state index contributed by atoms with van der Waals surface area (Å²) in [6.07, 6.45) is 0.957. The van der Waals surface area contributed by atoms with Crippen LogP contribution in [0.4, 0.5) is 4.79 Å². The molecule has 32 heavy (non-hydrogen) atoms. The van der Waals surface area contributed by atoms with E-state index in [4.69, 9.17) is 13.7 Å². The number of alkyl carbamates (subject to hydrolysis) is 1. The van der Waals surface area contributed by atoms with Gasteiger partial charge in [0.05, 0.1) is 12.3 Å². The van der Waals surface area contributed by atoms with Gasteiger partial charge in [-0.1, -0.05) is 48.5 Å². The molecular weight excluding hydrogens is 430 g/mol. The molecule has 0 saturated carbocycles. The number of hydrogen-bond donors (Lipinski definition) is 1. The van der Waals surface area contributed by atoms with E-state index in [1.165, 1.54) is 6.08 Å². The molecule has 2 aromatic rings. The summed E-state index contributed by atoms with van der Waals surface area (Å²) in [5.41, 5.74) is 1.21. The first-order chi connectivity index (χ1) is 14.9. The lowest BCUT2D eigenvalue weighted by atomic mass is 10.0. The average molecular weight is 462 g/mol. The van der Waals surface area contributed by atoms with Gasteiger partial charge in [-0.25, -0.2) is 4.79 Å². The summed E-state index contributed by atoms with van der Waals surface area (Å²) in [5, 5.41) is 2.70. The number of rotatable bonds is 10. The van der Waals surface area contributed by atoms with Crippen molar-refractivity contribution in [1.29, 1.82) is 0 Å². The standard InChI is InChI=1S/C24H31NO6S/c1-6-22(31-32(5,27)28)21(25-23(26)30-24(2,3)4)16-18-12-14-20(15-13-18)29-17-19-10-8-7-9-11-19/h6-15,21-22H,1,16-17H2,2-5H3,(H,25,26)/t21-,22-/m0/s1. The van der Waals surface area contributed by atoms with Crippen LogP contribution in [0.15, 0.2) is 67.3 Å². The molecule has 0 aromatic heterocycles. The normalized spacial score (nSPS) is 13.6. The van der Waals surface area contributed by atoms with Gasteiger partial charge in [0.25, 0.3) is 10.1 Å². The second kappa shape index (κ2) is 11.2. The van der Waals surface area contributed by atoms with E-state index in [-0.39, 0.29) is 0 Å². The third kappa shape index (κ3) is 9.53. The first kappa shape index (κ1) is 25.4. The van der Waals surface area contributed by atoms with Crippen LogP contribution in [-0.2, 0) is 32.1 Å². The molecule has 0 bridgehead atoms. The molecule has 1 N–H and O–H groups in total. The molecule has 174 valence electrons. The predicted molar refractivity (Wildman–Crippen MR) is 124 cm³/mol. The van der Waals surface area contributed by atoms with Crippen molar-refractivity contribution < 1.29 is 26.9 Å². The Kier molecular flexibility index (Phi) is 8.86. The molecule has 0 aliphatic carbocycles. The van der Waals surface area contributed by atoms with Gasteiger partial charge in [-0.2, -0.15) is 8.42 Å². The zero-order chi connectivity index (χ0) is 23.8. The van der Waals surface area contributed by atoms with Gasteiger partial charge in [0.2, 0.25) is 0 Å². The van der Waals surface area contributed by atoms with E-state index in [1.54, 1.807) is 20.8 Å². The van der Waals surface area contributed by atoms with Crippen molar-refractivity contribution >= 4 is 16.2 Å². The van der Waals surface area contributed by atoms with Crippen LogP contribution in [0.3, 0.4) is 0 Å². The highest BCUT2D eigenvalue weighted by atomic mass is 32.2. The van der Waals surface area contributed by atoms with Gasteiger partial charge in [0.15, 0.2) is 0 Å². The minimum Gasteiger partial charge on any atom is -0.489 e. The highest BCUT2D eigenvalue weighted by Gasteiger charge is 2.27. The molecule has 2 atom stereocenters. The van der Waals surface area contributed by atoms with Crippen molar-refractivity contribution in [3.8, 4) is 5.75 Å². The lowest BCUT2D eigenvalue weighted by Crippen LogP contribution is -2.47. The van der Waals surface area contributed by atoms with Crippen molar-refractivity contribution in [2.24, 2.45) is 0 Å². The lowest BCUT2D eigenvalue weighted by molar-refractivity contribution is 0.0468. The van der Waals surface area contributed by atoms with Crippen molar-refractivity contribution in [1.82, 2.24) is 5.32 Å². The molecule has 0 aliphatic heterocycles. The Labute approximate surface area is 190 Å². The zero-order valence-corrected chi connectivity index (χ0v) is 19.7. The molecule has 7 nitrogen and oxygen atoms in total. The molecule has 0 aliphatic rings. The molecule has 0 unspecified atom stereocenters. The van der Waals surface area contributed by atoms with Crippen molar-refractivity contribution in [2.75, 3.05) is 6.26 Å². The Morgan fingerprint density at radius 1 is 1.06 bits per heavy atom. The fourth-order valence-corrected chi connectivity index (χ4v) is 3.51. The zero-order valence-electron chi connectivity index (χ0n) is 18.9. The van der Waals surface area contributed by atoms with Gasteiger partial charge in [-0.15, -0.1) is 6.58 Å². The summed E-state index contributed by atoms with van der Waals surface area (Å²) < 4.78 is 39.6. The molecule has 1 amide bonds. The fourth-order valence-electron chi connectivity index (χ4n) is 2.90. The molecule has 0 saturated heterocycles. The first-order valence-electron chi connectivity index (χ1n) is 10.2. The van der Waals surface area contributed by atoms with Crippen molar-refractivity contribution in [3.05, 3.63) is 78.4 Å². The second-order valence-corrected chi connectivity index (χ2v) is 9.98. The van der Waals surface area contributed by atoms with Crippen LogP contribution in [0.2, 0.25) is 0 Å². The number of carbonyl (C=O) groups excluding carboxylic acids is 1. The largest absolute Gasteiger partial charge is 0.489 e. The third-order valence-electron chi connectivity index (χ3n) is 4.24. The van der Waals surface area contributed by atoms with E-state index in [0.717, 1.165) is 17.4 Å². The Morgan fingerprint density at radius 2 is 1.69 bits per heavy atom. The SMILES string of the molecule is C=C[C@H](OS(C)(=O)=O)[C@H](Cc1ccc(OCc2ccccc2)cc1)NC(=O)OC(C)(C)C. The summed E-state index contributed by atoms with van der Waals surface area (Å²) in [4.78, 5) is 12.3. The molecule has 0 spiro atoms. The maximum atomic E-state index is 12.3. The van der Waals surface area contributed by atoms with Crippen molar-refractivity contribution in [2.45, 2.75) is 51.5 Å². The van der Waals surface area contributed by atoms with E-state index >= 15 is 0 Å². The van der Waals surface area contributed by atoms with Crippen LogP contribution in [0.5, 0.6) is 5.75 Å². The number of amides is 1. The number of ether oxygens (including phenoxy) is 2. The van der Waals surface area contributed by atoms with E-state index in [2.05, 4.69) is 11.9 Å². The molecule has 8 heteroatoms. The van der Waals surface area contributed by atoms with Crippen molar-refractivity contribution in [3.63, 3.8) is 0 Å². The van der Waals surface area contributed by atoms with Gasteiger partial charge in [-0.3, -0.25) is 4.18 Å². The molecule has 2 aromatic carbocycles. The van der Waals surface area contributed by atoms with Crippen LogP contribution in [-0.4, -0.2) is 38.5 Å². The van der Waals surface area contributed by atoms with Crippen LogP contribution in [0, 0.1) is 0 Å². The van der Waals surface area contributed by atoms with Gasteiger partial charge < -0.3 is 14.8 Å². The maximum Gasteiger partial charge on any atom is 0.407 e. The van der Waals surface area contributed by atoms with E-state index < -0.39 is 34.0 Å². The number of hydrogen-bond acceptors (Lipinski definition) is 6. The summed E-state index contributed by atoms with van der Waals surface area (Å²) in [7, 11) is -3.77. The molecule has 2 rings (SSSR count). The average Bonchev–Trinajstić information content (AvgIpc) is 2.70. The second-order valence-electron chi connectivity index (χ2n) is 8.38. The molecule has 0 heterocycles. The molecule has 0 radical (unpaired) electrons. The minimum atomic E-state index is -3.77. The Balaban J connectivity index is 2.11. The van der Waals surface area contributed by atoms with E-state index in [0.29, 0.717) is 18.8 Å². The first-order valence-corrected chi connectivity index (χ1v) is 12.0. The smallest absolute Gasteiger partial charge is 0.407 e. The van der Waals surface area contributed by atoms with Gasteiger partial charge in [0, 0.05) is 0 Å². The minimum absolute atomic E-state index is 0.296. The Morgan fingerprint density at radius 3 is 2.22 bits per heavy atom. The fraction of sp³-hybridized carbons (Fsp3) is 0.375. The highest BCUT2D eigenvalue weighted by molar-refractivity contribution is 7.86. The lowest BCUT2D eigenvalue weighted by Gasteiger charge is -2.27. The van der Waals surface area contributed by atoms with Crippen LogP contribution in [0.25, 0.3) is 0 Å². The topological polar surface area (TPSA) is 90.9 Å². The van der Waals surface area contributed by atoms with Crippen LogP contribution >= 0.6 is 0 Å². The van der Waals surface area contributed by atoms with E-state index in [1.807, 2.05) is 54.6 Å². The quantitative estimate of drug-likeness (QED) is 0.421. The highest BCUT2D eigenvalue weighted by Crippen LogP contribution is 2.18. The van der Waals surface area contributed by atoms with Crippen LogP contribution < -0.4 is 10.1 Å². The molecular formula is C24H31NO6S. The monoisotopic (exact) mass is 461 g/mol. The van der Waals surface area contributed by atoms with Gasteiger partial charge in [-0.05, 0) is 50.5 Å². The predicted octanol–water partition coefficient (Wildman–Crippen LogP) is 4.23. The number of nitrogens with one attached hydrogen (secondary N) is 1. The summed E-state index contributed by atoms with van der Waals surface area (Å²) in [5.74, 6) is 0.696. The summed E-state index contributed by atoms with van der Waals surface area (Å²) >= 11 is 0.